The zero-order valence-electron chi connectivity index (χ0n) is 12.9. The third kappa shape index (κ3) is 2.97. The quantitative estimate of drug-likeness (QED) is 0.785. The van der Waals surface area contributed by atoms with E-state index in [1.807, 2.05) is 16.9 Å². The van der Waals surface area contributed by atoms with Crippen molar-refractivity contribution in [2.24, 2.45) is 0 Å². The van der Waals surface area contributed by atoms with Crippen LogP contribution in [0.2, 0.25) is 5.02 Å². The molecule has 1 fully saturated rings. The Kier molecular flexibility index (Phi) is 3.90. The molecule has 0 aromatic carbocycles. The predicted octanol–water partition coefficient (Wildman–Crippen LogP) is 3.85. The van der Waals surface area contributed by atoms with Crippen molar-refractivity contribution < 1.29 is 4.79 Å². The Morgan fingerprint density at radius 2 is 2.08 bits per heavy atom. The van der Waals surface area contributed by atoms with E-state index in [1.54, 1.807) is 18.2 Å². The lowest BCUT2D eigenvalue weighted by atomic mass is 10.3. The molecule has 122 valence electrons. The third-order valence-electron chi connectivity index (χ3n) is 4.29. The van der Waals surface area contributed by atoms with Crippen LogP contribution in [0.5, 0.6) is 0 Å². The van der Waals surface area contributed by atoms with Crippen LogP contribution in [-0.4, -0.2) is 25.7 Å². The molecule has 0 spiro atoms. The van der Waals surface area contributed by atoms with E-state index in [0.717, 1.165) is 18.2 Å². The Bertz CT molecular complexity index is 901. The second-order valence-corrected chi connectivity index (χ2v) is 6.41. The molecule has 3 aromatic heterocycles. The summed E-state index contributed by atoms with van der Waals surface area (Å²) in [6.07, 6.45) is 8.12. The van der Waals surface area contributed by atoms with E-state index in [2.05, 4.69) is 20.4 Å². The molecule has 1 aliphatic carbocycles. The summed E-state index contributed by atoms with van der Waals surface area (Å²) in [5, 5.41) is 8.56. The number of hydrogen-bond acceptors (Lipinski definition) is 4. The van der Waals surface area contributed by atoms with Gasteiger partial charge in [0.25, 0.3) is 5.91 Å². The molecule has 24 heavy (non-hydrogen) atoms. The van der Waals surface area contributed by atoms with Crippen molar-refractivity contribution in [1.29, 1.82) is 0 Å². The zero-order valence-corrected chi connectivity index (χ0v) is 13.7. The van der Waals surface area contributed by atoms with Crippen LogP contribution >= 0.6 is 11.6 Å². The van der Waals surface area contributed by atoms with E-state index >= 15 is 0 Å². The van der Waals surface area contributed by atoms with Gasteiger partial charge in [0, 0.05) is 17.8 Å². The maximum absolute atomic E-state index is 12.4. The molecule has 0 radical (unpaired) electrons. The van der Waals surface area contributed by atoms with Gasteiger partial charge in [-0.25, -0.2) is 9.97 Å². The summed E-state index contributed by atoms with van der Waals surface area (Å²) in [5.74, 6) is 0.172. The smallest absolute Gasteiger partial charge is 0.277 e. The summed E-state index contributed by atoms with van der Waals surface area (Å²) in [6, 6.07) is 7.50. The number of nitrogens with zero attached hydrogens (tertiary/aromatic N) is 4. The highest BCUT2D eigenvalue weighted by Gasteiger charge is 2.19. The largest absolute Gasteiger partial charge is 0.305 e. The van der Waals surface area contributed by atoms with Gasteiger partial charge in [-0.05, 0) is 37.1 Å². The molecule has 1 N–H and O–H groups in total. The van der Waals surface area contributed by atoms with Crippen molar-refractivity contribution >= 4 is 34.4 Å². The second kappa shape index (κ2) is 6.20. The molecule has 3 heterocycles. The number of rotatable bonds is 3. The fraction of sp³-hybridized carbons (Fsp3) is 0.294. The van der Waals surface area contributed by atoms with Gasteiger partial charge in [-0.1, -0.05) is 24.4 Å². The Morgan fingerprint density at radius 3 is 2.92 bits per heavy atom. The van der Waals surface area contributed by atoms with Crippen LogP contribution in [0.25, 0.3) is 11.0 Å². The SMILES string of the molecule is O=C(Nc1ccc2cc(Cl)cnc2n1)c1ccn(C2CCCC2)n1. The minimum Gasteiger partial charge on any atom is -0.305 e. The minimum absolute atomic E-state index is 0.271. The Labute approximate surface area is 143 Å². The van der Waals surface area contributed by atoms with Gasteiger partial charge in [0.15, 0.2) is 11.3 Å². The van der Waals surface area contributed by atoms with Crippen LogP contribution in [-0.2, 0) is 0 Å². The minimum atomic E-state index is -0.271. The first-order chi connectivity index (χ1) is 11.7. The molecule has 3 aromatic rings. The summed E-state index contributed by atoms with van der Waals surface area (Å²) >= 11 is 5.91. The zero-order chi connectivity index (χ0) is 16.5. The molecule has 1 saturated carbocycles. The number of hydrogen-bond donors (Lipinski definition) is 1. The fourth-order valence-electron chi connectivity index (χ4n) is 3.07. The average Bonchev–Trinajstić information content (AvgIpc) is 3.26. The molecule has 0 saturated heterocycles. The molecule has 4 rings (SSSR count). The van der Waals surface area contributed by atoms with E-state index in [1.165, 1.54) is 19.0 Å². The lowest BCUT2D eigenvalue weighted by Crippen LogP contribution is -2.15. The normalized spacial score (nSPS) is 15.0. The van der Waals surface area contributed by atoms with Gasteiger partial charge >= 0.3 is 0 Å². The van der Waals surface area contributed by atoms with Gasteiger partial charge in [0.1, 0.15) is 5.82 Å². The molecule has 0 aliphatic heterocycles. The molecule has 0 unspecified atom stereocenters. The van der Waals surface area contributed by atoms with Gasteiger partial charge in [-0.15, -0.1) is 0 Å². The number of nitrogens with one attached hydrogen (secondary N) is 1. The van der Waals surface area contributed by atoms with Crippen LogP contribution in [0.15, 0.2) is 36.7 Å². The number of aromatic nitrogens is 4. The Balaban J connectivity index is 1.52. The van der Waals surface area contributed by atoms with Gasteiger partial charge in [-0.2, -0.15) is 5.10 Å². The first-order valence-corrected chi connectivity index (χ1v) is 8.36. The lowest BCUT2D eigenvalue weighted by molar-refractivity contribution is 0.102. The number of carbonyl (C=O) groups excluding carboxylic acids is 1. The first kappa shape index (κ1) is 15.1. The number of amides is 1. The molecule has 1 amide bonds. The number of anilines is 1. The highest BCUT2D eigenvalue weighted by atomic mass is 35.5. The summed E-state index contributed by atoms with van der Waals surface area (Å²) < 4.78 is 1.90. The fourth-order valence-corrected chi connectivity index (χ4v) is 3.23. The van der Waals surface area contributed by atoms with E-state index in [0.29, 0.717) is 28.2 Å². The van der Waals surface area contributed by atoms with Gasteiger partial charge < -0.3 is 5.32 Å². The first-order valence-electron chi connectivity index (χ1n) is 7.98. The van der Waals surface area contributed by atoms with Crippen LogP contribution in [0, 0.1) is 0 Å². The van der Waals surface area contributed by atoms with Crippen molar-refractivity contribution in [2.45, 2.75) is 31.7 Å². The van der Waals surface area contributed by atoms with Crippen LogP contribution in [0.1, 0.15) is 42.2 Å². The average molecular weight is 342 g/mol. The van der Waals surface area contributed by atoms with Crippen molar-refractivity contribution in [3.63, 3.8) is 0 Å². The van der Waals surface area contributed by atoms with Gasteiger partial charge in [0.2, 0.25) is 0 Å². The Morgan fingerprint density at radius 1 is 1.25 bits per heavy atom. The van der Waals surface area contributed by atoms with Crippen LogP contribution in [0.4, 0.5) is 5.82 Å². The van der Waals surface area contributed by atoms with Crippen LogP contribution in [0.3, 0.4) is 0 Å². The topological polar surface area (TPSA) is 72.7 Å². The summed E-state index contributed by atoms with van der Waals surface area (Å²) in [7, 11) is 0. The summed E-state index contributed by atoms with van der Waals surface area (Å²) in [4.78, 5) is 20.9. The van der Waals surface area contributed by atoms with E-state index < -0.39 is 0 Å². The molecular weight excluding hydrogens is 326 g/mol. The standard InChI is InChI=1S/C17H16ClN5O/c18-12-9-11-5-6-15(20-16(11)19-10-12)21-17(24)14-7-8-23(22-14)13-3-1-2-4-13/h5-10,13H,1-4H2,(H,19,20,21,24). The molecule has 6 nitrogen and oxygen atoms in total. The van der Waals surface area contributed by atoms with E-state index in [4.69, 9.17) is 11.6 Å². The van der Waals surface area contributed by atoms with Crippen LogP contribution < -0.4 is 5.32 Å². The second-order valence-electron chi connectivity index (χ2n) is 5.97. The van der Waals surface area contributed by atoms with Gasteiger partial charge in [0.05, 0.1) is 11.1 Å². The number of halogens is 1. The number of pyridine rings is 2. The number of carbonyl (C=O) groups is 1. The van der Waals surface area contributed by atoms with E-state index in [-0.39, 0.29) is 5.91 Å². The van der Waals surface area contributed by atoms with Crippen molar-refractivity contribution in [3.8, 4) is 0 Å². The Hall–Kier alpha value is -2.47. The summed E-state index contributed by atoms with van der Waals surface area (Å²) in [6.45, 7) is 0. The highest BCUT2D eigenvalue weighted by Crippen LogP contribution is 2.28. The van der Waals surface area contributed by atoms with Crippen molar-refractivity contribution in [3.05, 3.63) is 47.4 Å². The number of fused-ring (bicyclic) bond motifs is 1. The van der Waals surface area contributed by atoms with Crippen molar-refractivity contribution in [2.75, 3.05) is 5.32 Å². The monoisotopic (exact) mass is 341 g/mol. The molecular formula is C17H16ClN5O. The summed E-state index contributed by atoms with van der Waals surface area (Å²) in [5.41, 5.74) is 0.932. The third-order valence-corrected chi connectivity index (χ3v) is 4.50. The van der Waals surface area contributed by atoms with E-state index in [9.17, 15) is 4.79 Å². The maximum Gasteiger partial charge on any atom is 0.277 e. The van der Waals surface area contributed by atoms with Gasteiger partial charge in [-0.3, -0.25) is 9.48 Å². The molecule has 7 heteroatoms. The highest BCUT2D eigenvalue weighted by molar-refractivity contribution is 6.31. The predicted molar refractivity (Wildman–Crippen MR) is 92.2 cm³/mol. The molecule has 0 bridgehead atoms. The maximum atomic E-state index is 12.4. The molecule has 0 atom stereocenters. The van der Waals surface area contributed by atoms with Crippen molar-refractivity contribution in [1.82, 2.24) is 19.7 Å². The lowest BCUT2D eigenvalue weighted by Gasteiger charge is -2.08. The molecule has 1 aliphatic rings.